The summed E-state index contributed by atoms with van der Waals surface area (Å²) >= 11 is 1.33. The van der Waals surface area contributed by atoms with E-state index in [0.717, 1.165) is 16.4 Å². The van der Waals surface area contributed by atoms with Gasteiger partial charge in [-0.05, 0) is 12.1 Å². The van der Waals surface area contributed by atoms with Gasteiger partial charge in [0.25, 0.3) is 0 Å². The number of nitrogens with zero attached hydrogens (tertiary/aromatic N) is 2. The molecule has 1 aliphatic heterocycles. The van der Waals surface area contributed by atoms with E-state index in [1.54, 1.807) is 0 Å². The minimum Gasteiger partial charge on any atom is -0.480 e. The molecular formula is C12H11FN2O4S2. The molecule has 1 saturated heterocycles. The minimum atomic E-state index is -4.24. The van der Waals surface area contributed by atoms with E-state index in [2.05, 4.69) is 0 Å². The van der Waals surface area contributed by atoms with Crippen molar-refractivity contribution in [3.63, 3.8) is 0 Å². The van der Waals surface area contributed by atoms with E-state index < -0.39 is 38.3 Å². The van der Waals surface area contributed by atoms with Crippen molar-refractivity contribution in [2.45, 2.75) is 10.9 Å². The van der Waals surface area contributed by atoms with Crippen molar-refractivity contribution in [1.82, 2.24) is 4.31 Å². The monoisotopic (exact) mass is 330 g/mol. The highest BCUT2D eigenvalue weighted by Gasteiger charge is 2.39. The number of thioether (sulfide) groups is 1. The Morgan fingerprint density at radius 2 is 2.24 bits per heavy atom. The third kappa shape index (κ3) is 2.88. The standard InChI is InChI=1S/C12H11FN2O4S2/c13-9-2-1-3-11(8(9)6-14)21(18,19)15-4-5-20-7-10(15)12(16)17/h1-3,10H,4-5,7H2,(H,16,17). The van der Waals surface area contributed by atoms with Gasteiger partial charge in [0.1, 0.15) is 28.4 Å². The van der Waals surface area contributed by atoms with E-state index in [4.69, 9.17) is 10.4 Å². The van der Waals surface area contributed by atoms with Gasteiger partial charge in [-0.25, -0.2) is 12.8 Å². The first-order chi connectivity index (χ1) is 9.89. The Hall–Kier alpha value is -1.63. The topological polar surface area (TPSA) is 98.5 Å². The fraction of sp³-hybridized carbons (Fsp3) is 0.333. The van der Waals surface area contributed by atoms with Crippen LogP contribution in [0.3, 0.4) is 0 Å². The van der Waals surface area contributed by atoms with Crippen LogP contribution >= 0.6 is 11.8 Å². The molecule has 1 heterocycles. The number of sulfonamides is 1. The minimum absolute atomic E-state index is 0.00531. The molecule has 6 nitrogen and oxygen atoms in total. The first-order valence-corrected chi connectivity index (χ1v) is 8.50. The van der Waals surface area contributed by atoms with Gasteiger partial charge in [-0.15, -0.1) is 0 Å². The third-order valence-electron chi connectivity index (χ3n) is 3.04. The molecule has 1 atom stereocenters. The number of carboxylic acids is 1. The Bertz CT molecular complexity index is 714. The molecule has 0 radical (unpaired) electrons. The van der Waals surface area contributed by atoms with E-state index >= 15 is 0 Å². The summed E-state index contributed by atoms with van der Waals surface area (Å²) in [5.74, 6) is -1.65. The molecule has 1 fully saturated rings. The summed E-state index contributed by atoms with van der Waals surface area (Å²) in [5, 5.41) is 18.1. The van der Waals surface area contributed by atoms with Gasteiger partial charge in [0.15, 0.2) is 0 Å². The summed E-state index contributed by atoms with van der Waals surface area (Å²) in [4.78, 5) is 10.7. The summed E-state index contributed by atoms with van der Waals surface area (Å²) < 4.78 is 39.5. The summed E-state index contributed by atoms with van der Waals surface area (Å²) in [6, 6.07) is 3.57. The predicted molar refractivity (Wildman–Crippen MR) is 73.8 cm³/mol. The molecule has 2 rings (SSSR count). The predicted octanol–water partition coefficient (Wildman–Crippen LogP) is 0.888. The second kappa shape index (κ2) is 6.01. The summed E-state index contributed by atoms with van der Waals surface area (Å²) in [6.07, 6.45) is 0. The van der Waals surface area contributed by atoms with Crippen LogP contribution in [-0.2, 0) is 14.8 Å². The molecule has 1 N–H and O–H groups in total. The van der Waals surface area contributed by atoms with Gasteiger partial charge in [0.05, 0.1) is 0 Å². The van der Waals surface area contributed by atoms with Crippen LogP contribution in [0.1, 0.15) is 5.56 Å². The highest BCUT2D eigenvalue weighted by atomic mass is 32.2. The van der Waals surface area contributed by atoms with Crippen molar-refractivity contribution < 1.29 is 22.7 Å². The lowest BCUT2D eigenvalue weighted by atomic mass is 10.2. The zero-order valence-electron chi connectivity index (χ0n) is 10.7. The molecule has 1 unspecified atom stereocenters. The van der Waals surface area contributed by atoms with Crippen molar-refractivity contribution in [1.29, 1.82) is 5.26 Å². The van der Waals surface area contributed by atoms with Crippen molar-refractivity contribution in [3.05, 3.63) is 29.6 Å². The summed E-state index contributed by atoms with van der Waals surface area (Å²) in [6.45, 7) is 0.00531. The molecule has 112 valence electrons. The molecule has 0 spiro atoms. The number of rotatable bonds is 3. The molecule has 1 aliphatic rings. The van der Waals surface area contributed by atoms with Crippen LogP contribution in [0.25, 0.3) is 0 Å². The fourth-order valence-corrected chi connectivity index (χ4v) is 5.01. The van der Waals surface area contributed by atoms with Crippen LogP contribution in [0.4, 0.5) is 4.39 Å². The lowest BCUT2D eigenvalue weighted by Crippen LogP contribution is -2.50. The lowest BCUT2D eigenvalue weighted by molar-refractivity contribution is -0.140. The normalized spacial score (nSPS) is 19.9. The summed E-state index contributed by atoms with van der Waals surface area (Å²) in [7, 11) is -4.24. The van der Waals surface area contributed by atoms with Crippen LogP contribution in [0.5, 0.6) is 0 Å². The number of halogens is 1. The van der Waals surface area contributed by atoms with Crippen molar-refractivity contribution in [3.8, 4) is 6.07 Å². The number of carbonyl (C=O) groups is 1. The van der Waals surface area contributed by atoms with Gasteiger partial charge < -0.3 is 5.11 Å². The Balaban J connectivity index is 2.54. The maximum Gasteiger partial charge on any atom is 0.322 e. The Labute approximate surface area is 125 Å². The highest BCUT2D eigenvalue weighted by molar-refractivity contribution is 7.99. The zero-order valence-corrected chi connectivity index (χ0v) is 12.3. The SMILES string of the molecule is N#Cc1c(F)cccc1S(=O)(=O)N1CCSCC1C(=O)O. The number of carboxylic acid groups (broad SMARTS) is 1. The first kappa shape index (κ1) is 15.8. The molecule has 0 bridgehead atoms. The molecule has 1 aromatic carbocycles. The molecule has 0 saturated carbocycles. The lowest BCUT2D eigenvalue weighted by Gasteiger charge is -2.31. The van der Waals surface area contributed by atoms with E-state index in [0.29, 0.717) is 5.75 Å². The molecule has 0 aromatic heterocycles. The largest absolute Gasteiger partial charge is 0.480 e. The second-order valence-corrected chi connectivity index (χ2v) is 7.28. The van der Waals surface area contributed by atoms with Gasteiger partial charge >= 0.3 is 5.97 Å². The van der Waals surface area contributed by atoms with E-state index in [1.165, 1.54) is 23.9 Å². The van der Waals surface area contributed by atoms with E-state index in [1.807, 2.05) is 0 Å². The maximum atomic E-state index is 13.6. The number of hydrogen-bond donors (Lipinski definition) is 1. The van der Waals surface area contributed by atoms with Gasteiger partial charge in [-0.3, -0.25) is 4.79 Å². The van der Waals surface area contributed by atoms with Crippen LogP contribution in [0, 0.1) is 17.1 Å². The maximum absolute atomic E-state index is 13.6. The van der Waals surface area contributed by atoms with E-state index in [9.17, 15) is 17.6 Å². The van der Waals surface area contributed by atoms with Crippen LogP contribution in [0.15, 0.2) is 23.1 Å². The van der Waals surface area contributed by atoms with Crippen LogP contribution in [-0.4, -0.2) is 47.9 Å². The van der Waals surface area contributed by atoms with Gasteiger partial charge in [-0.1, -0.05) is 6.07 Å². The van der Waals surface area contributed by atoms with Crippen LogP contribution < -0.4 is 0 Å². The highest BCUT2D eigenvalue weighted by Crippen LogP contribution is 2.27. The average molecular weight is 330 g/mol. The van der Waals surface area contributed by atoms with Crippen molar-refractivity contribution in [2.24, 2.45) is 0 Å². The Morgan fingerprint density at radius 3 is 2.86 bits per heavy atom. The smallest absolute Gasteiger partial charge is 0.322 e. The quantitative estimate of drug-likeness (QED) is 0.884. The second-order valence-electron chi connectivity index (χ2n) is 4.27. The van der Waals surface area contributed by atoms with Gasteiger partial charge in [0, 0.05) is 18.1 Å². The van der Waals surface area contributed by atoms with Crippen LogP contribution in [0.2, 0.25) is 0 Å². The molecule has 9 heteroatoms. The first-order valence-electron chi connectivity index (χ1n) is 5.90. The fourth-order valence-electron chi connectivity index (χ4n) is 2.02. The molecule has 0 amide bonds. The summed E-state index contributed by atoms with van der Waals surface area (Å²) in [5.41, 5.74) is -0.597. The van der Waals surface area contributed by atoms with Gasteiger partial charge in [-0.2, -0.15) is 21.3 Å². The number of benzene rings is 1. The molecule has 1 aromatic rings. The van der Waals surface area contributed by atoms with E-state index in [-0.39, 0.29) is 12.3 Å². The molecule has 21 heavy (non-hydrogen) atoms. The number of aliphatic carboxylic acids is 1. The third-order valence-corrected chi connectivity index (χ3v) is 6.01. The number of nitriles is 1. The number of hydrogen-bond acceptors (Lipinski definition) is 5. The van der Waals surface area contributed by atoms with Crippen molar-refractivity contribution >= 4 is 27.8 Å². The Morgan fingerprint density at radius 1 is 1.52 bits per heavy atom. The van der Waals surface area contributed by atoms with Crippen molar-refractivity contribution in [2.75, 3.05) is 18.1 Å². The zero-order chi connectivity index (χ0) is 15.6. The Kier molecular flexibility index (Phi) is 4.51. The van der Waals surface area contributed by atoms with Gasteiger partial charge in [0.2, 0.25) is 10.0 Å². The molecule has 0 aliphatic carbocycles. The average Bonchev–Trinajstić information content (AvgIpc) is 2.46. The molecular weight excluding hydrogens is 319 g/mol.